The molecule has 4 rings (SSSR count). The Morgan fingerprint density at radius 3 is 2.56 bits per heavy atom. The first-order valence-corrected chi connectivity index (χ1v) is 8.71. The average molecular weight is 478 g/mol. The second kappa shape index (κ2) is 8.51. The number of aromatic nitrogens is 4. The zero-order valence-corrected chi connectivity index (χ0v) is 17.5. The topological polar surface area (TPSA) is 87.9 Å². The van der Waals surface area contributed by atoms with Gasteiger partial charge in [-0.15, -0.1) is 24.0 Å². The molecule has 0 aliphatic carbocycles. The molecule has 142 valence electrons. The van der Waals surface area contributed by atoms with Gasteiger partial charge >= 0.3 is 0 Å². The molecule has 1 aliphatic heterocycles. The number of imidazole rings is 1. The van der Waals surface area contributed by atoms with Crippen molar-refractivity contribution in [2.45, 2.75) is 13.5 Å². The molecule has 3 aromatic heterocycles. The normalized spacial score (nSPS) is 15.1. The smallest absolute Gasteiger partial charge is 0.225 e. The molecule has 0 unspecified atom stereocenters. The number of piperazine rings is 1. The van der Waals surface area contributed by atoms with Gasteiger partial charge in [-0.25, -0.2) is 19.9 Å². The van der Waals surface area contributed by atoms with Gasteiger partial charge in [0.2, 0.25) is 5.95 Å². The van der Waals surface area contributed by atoms with Gasteiger partial charge in [0.25, 0.3) is 0 Å². The predicted molar refractivity (Wildman–Crippen MR) is 116 cm³/mol. The van der Waals surface area contributed by atoms with Crippen LogP contribution in [0.1, 0.15) is 11.4 Å². The first-order chi connectivity index (χ1) is 12.7. The summed E-state index contributed by atoms with van der Waals surface area (Å²) in [6, 6.07) is 7.89. The van der Waals surface area contributed by atoms with Crippen LogP contribution in [-0.2, 0) is 6.54 Å². The summed E-state index contributed by atoms with van der Waals surface area (Å²) in [4.78, 5) is 22.0. The molecule has 27 heavy (non-hydrogen) atoms. The number of hydrogen-bond donors (Lipinski definition) is 1. The maximum atomic E-state index is 6.20. The molecule has 0 amide bonds. The van der Waals surface area contributed by atoms with Crippen molar-refractivity contribution in [2.75, 3.05) is 31.1 Å². The number of aryl methyl sites for hydroxylation is 1. The van der Waals surface area contributed by atoms with Crippen LogP contribution in [0.15, 0.2) is 47.8 Å². The maximum Gasteiger partial charge on any atom is 0.225 e. The molecule has 0 atom stereocenters. The molecule has 0 aromatic carbocycles. The van der Waals surface area contributed by atoms with Gasteiger partial charge in [-0.3, -0.25) is 0 Å². The fraction of sp³-hybridized carbons (Fsp3) is 0.333. The zero-order valence-electron chi connectivity index (χ0n) is 15.2. The first-order valence-electron chi connectivity index (χ1n) is 8.71. The van der Waals surface area contributed by atoms with Crippen LogP contribution in [0.5, 0.6) is 0 Å². The van der Waals surface area contributed by atoms with E-state index in [-0.39, 0.29) is 24.0 Å². The lowest BCUT2D eigenvalue weighted by Gasteiger charge is -2.35. The maximum absolute atomic E-state index is 6.20. The third-order valence-electron chi connectivity index (χ3n) is 4.59. The number of guanidine groups is 1. The quantitative estimate of drug-likeness (QED) is 0.350. The second-order valence-corrected chi connectivity index (χ2v) is 6.32. The van der Waals surface area contributed by atoms with Crippen LogP contribution in [0.3, 0.4) is 0 Å². The Morgan fingerprint density at radius 1 is 1.11 bits per heavy atom. The van der Waals surface area contributed by atoms with Crippen molar-refractivity contribution >= 4 is 41.5 Å². The molecule has 1 aliphatic rings. The van der Waals surface area contributed by atoms with E-state index in [1.54, 1.807) is 12.4 Å². The Bertz CT molecular complexity index is 916. The van der Waals surface area contributed by atoms with Crippen LogP contribution in [-0.4, -0.2) is 56.4 Å². The van der Waals surface area contributed by atoms with E-state index in [4.69, 9.17) is 5.73 Å². The van der Waals surface area contributed by atoms with E-state index in [1.165, 1.54) is 0 Å². The van der Waals surface area contributed by atoms with Crippen LogP contribution in [0.25, 0.3) is 5.65 Å². The molecule has 0 spiro atoms. The summed E-state index contributed by atoms with van der Waals surface area (Å²) in [5.41, 5.74) is 9.20. The number of anilines is 1. The Morgan fingerprint density at radius 2 is 1.85 bits per heavy atom. The van der Waals surface area contributed by atoms with Crippen molar-refractivity contribution < 1.29 is 0 Å². The summed E-state index contributed by atoms with van der Waals surface area (Å²) >= 11 is 0. The van der Waals surface area contributed by atoms with E-state index < -0.39 is 0 Å². The average Bonchev–Trinajstić information content (AvgIpc) is 3.11. The summed E-state index contributed by atoms with van der Waals surface area (Å²) < 4.78 is 2.07. The van der Waals surface area contributed by atoms with Gasteiger partial charge in [-0.1, -0.05) is 6.07 Å². The van der Waals surface area contributed by atoms with Gasteiger partial charge in [0.05, 0.1) is 12.2 Å². The summed E-state index contributed by atoms with van der Waals surface area (Å²) in [5.74, 6) is 1.33. The van der Waals surface area contributed by atoms with Crippen LogP contribution in [0.2, 0.25) is 0 Å². The number of pyridine rings is 1. The highest BCUT2D eigenvalue weighted by molar-refractivity contribution is 14.0. The van der Waals surface area contributed by atoms with E-state index >= 15 is 0 Å². The summed E-state index contributed by atoms with van der Waals surface area (Å²) in [5, 5.41) is 0. The monoisotopic (exact) mass is 478 g/mol. The summed E-state index contributed by atoms with van der Waals surface area (Å²) in [7, 11) is 0. The van der Waals surface area contributed by atoms with E-state index in [0.29, 0.717) is 12.5 Å². The molecule has 2 N–H and O–H groups in total. The molecular weight excluding hydrogens is 455 g/mol. The van der Waals surface area contributed by atoms with Gasteiger partial charge in [0, 0.05) is 50.5 Å². The van der Waals surface area contributed by atoms with Crippen molar-refractivity contribution in [3.8, 4) is 0 Å². The first kappa shape index (κ1) is 19.3. The number of fused-ring (bicyclic) bond motifs is 1. The molecular formula is C18H23IN8. The predicted octanol–water partition coefficient (Wildman–Crippen LogP) is 1.69. The van der Waals surface area contributed by atoms with Crippen LogP contribution in [0.4, 0.5) is 5.95 Å². The van der Waals surface area contributed by atoms with Crippen molar-refractivity contribution in [1.82, 2.24) is 24.3 Å². The molecule has 9 heteroatoms. The Hall–Kier alpha value is -2.43. The van der Waals surface area contributed by atoms with Crippen molar-refractivity contribution in [1.29, 1.82) is 0 Å². The largest absolute Gasteiger partial charge is 0.370 e. The highest BCUT2D eigenvalue weighted by Gasteiger charge is 2.19. The third-order valence-corrected chi connectivity index (χ3v) is 4.59. The molecule has 0 bridgehead atoms. The van der Waals surface area contributed by atoms with Crippen molar-refractivity contribution in [3.05, 3.63) is 54.2 Å². The Kier molecular flexibility index (Phi) is 6.09. The number of rotatable bonds is 3. The molecule has 4 heterocycles. The third kappa shape index (κ3) is 4.29. The SMILES string of the molecule is Cc1cccc2nc(CN=C(N)N3CCN(c4ncccn4)CC3)cn12.I. The minimum absolute atomic E-state index is 0. The number of halogens is 1. The number of nitrogens with two attached hydrogens (primary N) is 1. The number of aliphatic imine (C=N–C) groups is 1. The van der Waals surface area contributed by atoms with Gasteiger partial charge in [-0.05, 0) is 25.1 Å². The fourth-order valence-electron chi connectivity index (χ4n) is 3.13. The van der Waals surface area contributed by atoms with Crippen LogP contribution in [0, 0.1) is 6.92 Å². The number of hydrogen-bond acceptors (Lipinski definition) is 5. The highest BCUT2D eigenvalue weighted by Crippen LogP contribution is 2.11. The molecule has 0 saturated carbocycles. The van der Waals surface area contributed by atoms with Crippen molar-refractivity contribution in [2.24, 2.45) is 10.7 Å². The fourth-order valence-corrected chi connectivity index (χ4v) is 3.13. The second-order valence-electron chi connectivity index (χ2n) is 6.32. The van der Waals surface area contributed by atoms with Gasteiger partial charge in [-0.2, -0.15) is 0 Å². The van der Waals surface area contributed by atoms with Crippen LogP contribution >= 0.6 is 24.0 Å². The minimum Gasteiger partial charge on any atom is -0.370 e. The molecule has 0 radical (unpaired) electrons. The number of nitrogens with zero attached hydrogens (tertiary/aromatic N) is 7. The summed E-state index contributed by atoms with van der Waals surface area (Å²) in [6.07, 6.45) is 5.55. The summed E-state index contributed by atoms with van der Waals surface area (Å²) in [6.45, 7) is 5.80. The minimum atomic E-state index is 0. The molecule has 1 fully saturated rings. The van der Waals surface area contributed by atoms with E-state index in [9.17, 15) is 0 Å². The molecule has 1 saturated heterocycles. The van der Waals surface area contributed by atoms with E-state index in [2.05, 4.69) is 47.1 Å². The molecule has 8 nitrogen and oxygen atoms in total. The van der Waals surface area contributed by atoms with Gasteiger partial charge in [0.15, 0.2) is 5.96 Å². The zero-order chi connectivity index (χ0) is 17.9. The lowest BCUT2D eigenvalue weighted by Crippen LogP contribution is -2.51. The lowest BCUT2D eigenvalue weighted by atomic mass is 10.3. The molecule has 3 aromatic rings. The van der Waals surface area contributed by atoms with Gasteiger partial charge < -0.3 is 19.9 Å². The van der Waals surface area contributed by atoms with Crippen LogP contribution < -0.4 is 10.6 Å². The lowest BCUT2D eigenvalue weighted by molar-refractivity contribution is 0.378. The standard InChI is InChI=1S/C18H22N8.HI/c1-14-4-2-5-16-23-15(13-26(14)16)12-22-17(19)24-8-10-25(11-9-24)18-20-6-3-7-21-18;/h2-7,13H,8-12H2,1H3,(H2,19,22);1H. The highest BCUT2D eigenvalue weighted by atomic mass is 127. The Balaban J connectivity index is 0.00000210. The van der Waals surface area contributed by atoms with Crippen molar-refractivity contribution in [3.63, 3.8) is 0 Å². The van der Waals surface area contributed by atoms with Gasteiger partial charge in [0.1, 0.15) is 5.65 Å². The Labute approximate surface area is 175 Å². The van der Waals surface area contributed by atoms with E-state index in [0.717, 1.165) is 49.2 Å². The van der Waals surface area contributed by atoms with E-state index in [1.807, 2.05) is 24.4 Å².